The first-order valence-electron chi connectivity index (χ1n) is 8.55. The second kappa shape index (κ2) is 7.87. The molecule has 0 aliphatic carbocycles. The number of hydrogen-bond acceptors (Lipinski definition) is 6. The molecule has 1 amide bonds. The molecular weight excluding hydrogens is 394 g/mol. The highest BCUT2D eigenvalue weighted by molar-refractivity contribution is 7.71. The maximum Gasteiger partial charge on any atom is 0.243 e. The van der Waals surface area contributed by atoms with Gasteiger partial charge in [0.05, 0.1) is 4.88 Å². The van der Waals surface area contributed by atoms with Crippen molar-refractivity contribution < 1.29 is 4.79 Å². The smallest absolute Gasteiger partial charge is 0.243 e. The van der Waals surface area contributed by atoms with Crippen LogP contribution in [0, 0.1) is 4.77 Å². The molecule has 28 heavy (non-hydrogen) atoms. The van der Waals surface area contributed by atoms with Gasteiger partial charge in [-0.05, 0) is 42.2 Å². The molecule has 4 heterocycles. The van der Waals surface area contributed by atoms with Crippen LogP contribution in [-0.4, -0.2) is 35.2 Å². The zero-order valence-electron chi connectivity index (χ0n) is 14.9. The summed E-state index contributed by atoms with van der Waals surface area (Å²) >= 11 is 6.87. The molecule has 10 heteroatoms. The number of nitrogens with zero attached hydrogens (tertiary/aromatic N) is 5. The van der Waals surface area contributed by atoms with Crippen LogP contribution in [0.3, 0.4) is 0 Å². The van der Waals surface area contributed by atoms with Gasteiger partial charge in [0.1, 0.15) is 18.2 Å². The maximum absolute atomic E-state index is 12.7. The molecule has 1 unspecified atom stereocenters. The molecule has 0 radical (unpaired) electrons. The Hall–Kier alpha value is -3.11. The van der Waals surface area contributed by atoms with Gasteiger partial charge in [0.2, 0.25) is 5.91 Å². The summed E-state index contributed by atoms with van der Waals surface area (Å²) in [5, 5.41) is 12.0. The fraction of sp³-hybridized carbons (Fsp3) is 0.167. The summed E-state index contributed by atoms with van der Waals surface area (Å²) in [6, 6.07) is 7.19. The van der Waals surface area contributed by atoms with Crippen LogP contribution in [0.4, 0.5) is 0 Å². The average Bonchev–Trinajstić information content (AvgIpc) is 3.47. The molecule has 0 saturated heterocycles. The van der Waals surface area contributed by atoms with Crippen molar-refractivity contribution in [2.45, 2.75) is 19.5 Å². The molecule has 142 valence electrons. The normalized spacial score (nSPS) is 12.0. The molecule has 0 bridgehead atoms. The second-order valence-electron chi connectivity index (χ2n) is 6.09. The number of aromatic amines is 1. The first-order valence-corrected chi connectivity index (χ1v) is 9.84. The molecule has 0 spiro atoms. The summed E-state index contributed by atoms with van der Waals surface area (Å²) in [7, 11) is 0. The minimum absolute atomic E-state index is 0.144. The van der Waals surface area contributed by atoms with Crippen LogP contribution in [0.1, 0.15) is 18.5 Å². The predicted octanol–water partition coefficient (Wildman–Crippen LogP) is 3.13. The van der Waals surface area contributed by atoms with Gasteiger partial charge in [-0.25, -0.2) is 9.97 Å². The average molecular weight is 412 g/mol. The highest BCUT2D eigenvalue weighted by Gasteiger charge is 2.21. The second-order valence-corrected chi connectivity index (χ2v) is 7.42. The third kappa shape index (κ3) is 3.64. The number of hydrogen-bond donors (Lipinski definition) is 2. The monoisotopic (exact) mass is 411 g/mol. The molecule has 8 nitrogen and oxygen atoms in total. The molecule has 0 fully saturated rings. The van der Waals surface area contributed by atoms with Gasteiger partial charge in [0.15, 0.2) is 10.6 Å². The lowest BCUT2D eigenvalue weighted by molar-refractivity contribution is -0.124. The van der Waals surface area contributed by atoms with Crippen LogP contribution in [0.5, 0.6) is 0 Å². The molecule has 2 N–H and O–H groups in total. The van der Waals surface area contributed by atoms with E-state index in [4.69, 9.17) is 12.2 Å². The quantitative estimate of drug-likeness (QED) is 0.476. The Morgan fingerprint density at radius 1 is 1.39 bits per heavy atom. The Morgan fingerprint density at radius 2 is 2.29 bits per heavy atom. The summed E-state index contributed by atoms with van der Waals surface area (Å²) in [5.41, 5.74) is 0.902. The summed E-state index contributed by atoms with van der Waals surface area (Å²) in [6.07, 6.45) is 6.94. The van der Waals surface area contributed by atoms with E-state index in [2.05, 4.69) is 25.5 Å². The third-order valence-corrected chi connectivity index (χ3v) is 5.41. The number of pyridine rings is 1. The first kappa shape index (κ1) is 18.3. The van der Waals surface area contributed by atoms with Gasteiger partial charge in [-0.15, -0.1) is 11.3 Å². The van der Waals surface area contributed by atoms with Crippen LogP contribution in [-0.2, 0) is 11.3 Å². The molecule has 0 aliphatic heterocycles. The highest BCUT2D eigenvalue weighted by atomic mass is 32.1. The van der Waals surface area contributed by atoms with Crippen LogP contribution in [0.15, 0.2) is 54.6 Å². The maximum atomic E-state index is 12.7. The fourth-order valence-corrected chi connectivity index (χ4v) is 3.77. The van der Waals surface area contributed by atoms with Gasteiger partial charge in [0, 0.05) is 25.1 Å². The van der Waals surface area contributed by atoms with Crippen molar-refractivity contribution in [3.8, 4) is 16.5 Å². The van der Waals surface area contributed by atoms with E-state index in [1.165, 1.54) is 0 Å². The Balaban J connectivity index is 1.44. The Bertz CT molecular complexity index is 1110. The van der Waals surface area contributed by atoms with Crippen LogP contribution >= 0.6 is 23.6 Å². The van der Waals surface area contributed by atoms with Crippen molar-refractivity contribution in [1.29, 1.82) is 0 Å². The SMILES string of the molecule is CC(C(=O)NCc1ccc(-n2ccnc2)nc1)n1c(-c2cccs2)n[nH]c1=S. The van der Waals surface area contributed by atoms with Crippen LogP contribution < -0.4 is 5.32 Å². The molecule has 0 aliphatic rings. The summed E-state index contributed by atoms with van der Waals surface area (Å²) in [5.74, 6) is 1.29. The minimum atomic E-state index is -0.499. The largest absolute Gasteiger partial charge is 0.350 e. The lowest BCUT2D eigenvalue weighted by Crippen LogP contribution is -2.31. The summed E-state index contributed by atoms with van der Waals surface area (Å²) < 4.78 is 3.96. The van der Waals surface area contributed by atoms with Gasteiger partial charge in [-0.3, -0.25) is 19.0 Å². The number of amides is 1. The van der Waals surface area contributed by atoms with Crippen molar-refractivity contribution in [1.82, 2.24) is 34.6 Å². The standard InChI is InChI=1S/C18H17N7OS2/c1-12(25-16(22-23-18(25)27)14-3-2-8-28-14)17(26)21-10-13-4-5-15(20-9-13)24-7-6-19-11-24/h2-9,11-12H,10H2,1H3,(H,21,26)(H,23,27). The van der Waals surface area contributed by atoms with E-state index in [0.29, 0.717) is 17.1 Å². The first-order chi connectivity index (χ1) is 13.6. The van der Waals surface area contributed by atoms with E-state index in [-0.39, 0.29) is 5.91 Å². The molecule has 4 rings (SSSR count). The van der Waals surface area contributed by atoms with Gasteiger partial charge in [-0.1, -0.05) is 12.1 Å². The molecule has 1 atom stereocenters. The zero-order chi connectivity index (χ0) is 19.5. The van der Waals surface area contributed by atoms with Crippen molar-refractivity contribution in [2.75, 3.05) is 0 Å². The van der Waals surface area contributed by atoms with Crippen LogP contribution in [0.2, 0.25) is 0 Å². The number of nitrogens with one attached hydrogen (secondary N) is 2. The van der Waals surface area contributed by atoms with Gasteiger partial charge < -0.3 is 5.32 Å². The number of aromatic nitrogens is 6. The third-order valence-electron chi connectivity index (χ3n) is 4.26. The highest BCUT2D eigenvalue weighted by Crippen LogP contribution is 2.25. The Morgan fingerprint density at radius 3 is 2.96 bits per heavy atom. The van der Waals surface area contributed by atoms with Crippen molar-refractivity contribution >= 4 is 29.5 Å². The van der Waals surface area contributed by atoms with Gasteiger partial charge >= 0.3 is 0 Å². The van der Waals surface area contributed by atoms with Gasteiger partial charge in [0.25, 0.3) is 0 Å². The number of carbonyl (C=O) groups is 1. The lowest BCUT2D eigenvalue weighted by atomic mass is 10.2. The van der Waals surface area contributed by atoms with Crippen LogP contribution in [0.25, 0.3) is 16.5 Å². The lowest BCUT2D eigenvalue weighted by Gasteiger charge is -2.15. The van der Waals surface area contributed by atoms with Crippen molar-refractivity contribution in [3.63, 3.8) is 0 Å². The number of carbonyl (C=O) groups excluding carboxylic acids is 1. The van der Waals surface area contributed by atoms with Crippen molar-refractivity contribution in [3.05, 3.63) is 64.9 Å². The number of H-pyrrole nitrogens is 1. The van der Waals surface area contributed by atoms with Gasteiger partial charge in [-0.2, -0.15) is 5.10 Å². The van der Waals surface area contributed by atoms with E-state index in [1.54, 1.807) is 41.5 Å². The van der Waals surface area contributed by atoms with Crippen molar-refractivity contribution in [2.24, 2.45) is 0 Å². The number of rotatable bonds is 6. The molecule has 0 saturated carbocycles. The van der Waals surface area contributed by atoms with E-state index in [0.717, 1.165) is 16.3 Å². The topological polar surface area (TPSA) is 93.4 Å². The molecule has 4 aromatic rings. The molecule has 0 aromatic carbocycles. The summed E-state index contributed by atoms with van der Waals surface area (Å²) in [4.78, 5) is 22.0. The number of imidazole rings is 1. The van der Waals surface area contributed by atoms with E-state index < -0.39 is 6.04 Å². The van der Waals surface area contributed by atoms with E-state index in [1.807, 2.05) is 40.4 Å². The fourth-order valence-electron chi connectivity index (χ4n) is 2.77. The minimum Gasteiger partial charge on any atom is -0.350 e. The van der Waals surface area contributed by atoms with E-state index in [9.17, 15) is 4.79 Å². The Labute approximate surface area is 169 Å². The molecule has 4 aromatic heterocycles. The van der Waals surface area contributed by atoms with E-state index >= 15 is 0 Å². The molecular formula is C18H17N7OS2. The Kier molecular flexibility index (Phi) is 5.13. The summed E-state index contributed by atoms with van der Waals surface area (Å²) in [6.45, 7) is 2.18. The predicted molar refractivity (Wildman–Crippen MR) is 109 cm³/mol. The zero-order valence-corrected chi connectivity index (χ0v) is 16.6. The number of thiophene rings is 1.